The van der Waals surface area contributed by atoms with Gasteiger partial charge in [0.05, 0.1) is 0 Å². The van der Waals surface area contributed by atoms with Gasteiger partial charge in [-0.25, -0.2) is 0 Å². The third-order valence-electron chi connectivity index (χ3n) is 1.86. The van der Waals surface area contributed by atoms with Crippen molar-refractivity contribution in [2.75, 3.05) is 0 Å². The quantitative estimate of drug-likeness (QED) is 0.672. The molecule has 1 heteroatoms. The molecule has 0 atom stereocenters. The summed E-state index contributed by atoms with van der Waals surface area (Å²) in [5.74, 6) is 0. The second kappa shape index (κ2) is 3.49. The Bertz CT molecular complexity index is 239. The molecule has 0 unspecified atom stereocenters. The molecule has 0 bridgehead atoms. The molecule has 2 aliphatic rings. The summed E-state index contributed by atoms with van der Waals surface area (Å²) in [7, 11) is 0. The minimum atomic E-state index is -0.312. The van der Waals surface area contributed by atoms with Crippen LogP contribution < -0.4 is 0 Å². The number of hydrogen-bond acceptors (Lipinski definition) is 0. The first-order valence-corrected chi connectivity index (χ1v) is 6.39. The normalized spacial score (nSPS) is 20.4. The summed E-state index contributed by atoms with van der Waals surface area (Å²) >= 11 is -0.312. The van der Waals surface area contributed by atoms with Crippen molar-refractivity contribution in [1.29, 1.82) is 0 Å². The average molecular weight is 221 g/mol. The van der Waals surface area contributed by atoms with E-state index in [0.29, 0.717) is 0 Å². The molecule has 0 aromatic carbocycles. The molecule has 0 saturated heterocycles. The van der Waals surface area contributed by atoms with Gasteiger partial charge in [-0.3, -0.25) is 0 Å². The standard InChI is InChI=1S/2C5H5.Zr/c2*1-2-4-5-3-1;/h2*1-3H,4H2;. The molecule has 0 amide bonds. The van der Waals surface area contributed by atoms with E-state index in [1.807, 2.05) is 0 Å². The number of hydrogen-bond donors (Lipinski definition) is 0. The van der Waals surface area contributed by atoms with E-state index in [2.05, 4.69) is 36.5 Å². The predicted molar refractivity (Wildman–Crippen MR) is 43.7 cm³/mol. The summed E-state index contributed by atoms with van der Waals surface area (Å²) in [6.45, 7) is 0. The van der Waals surface area contributed by atoms with Crippen LogP contribution in [0.2, 0.25) is 0 Å². The number of rotatable bonds is 2. The maximum absolute atomic E-state index is 2.31. The molecule has 0 aromatic rings. The van der Waals surface area contributed by atoms with Crippen molar-refractivity contribution in [3.8, 4) is 0 Å². The fourth-order valence-electron chi connectivity index (χ4n) is 1.29. The summed E-state index contributed by atoms with van der Waals surface area (Å²) in [6, 6.07) is 0. The summed E-state index contributed by atoms with van der Waals surface area (Å²) in [4.78, 5) is 0. The Morgan fingerprint density at radius 2 is 1.45 bits per heavy atom. The summed E-state index contributed by atoms with van der Waals surface area (Å²) in [6.07, 6.45) is 16.0. The van der Waals surface area contributed by atoms with Gasteiger partial charge in [-0.05, 0) is 0 Å². The van der Waals surface area contributed by atoms with Crippen LogP contribution in [0.25, 0.3) is 0 Å². The first kappa shape index (κ1) is 7.49. The van der Waals surface area contributed by atoms with E-state index in [0.717, 1.165) is 0 Å². The van der Waals surface area contributed by atoms with Crippen molar-refractivity contribution in [3.63, 3.8) is 0 Å². The van der Waals surface area contributed by atoms with Crippen LogP contribution in [0, 0.1) is 0 Å². The van der Waals surface area contributed by atoms with Gasteiger partial charge in [0.2, 0.25) is 0 Å². The first-order chi connectivity index (χ1) is 5.45. The molecule has 54 valence electrons. The molecule has 11 heavy (non-hydrogen) atoms. The van der Waals surface area contributed by atoms with E-state index < -0.39 is 0 Å². The van der Waals surface area contributed by atoms with Gasteiger partial charge in [0.25, 0.3) is 0 Å². The van der Waals surface area contributed by atoms with Gasteiger partial charge in [-0.2, -0.15) is 0 Å². The Hall–Kier alpha value is -0.157. The summed E-state index contributed by atoms with van der Waals surface area (Å²) in [5, 5.41) is 0. The molecule has 0 aliphatic heterocycles. The minimum absolute atomic E-state index is 0.312. The predicted octanol–water partition coefficient (Wildman–Crippen LogP) is 2.76. The van der Waals surface area contributed by atoms with Gasteiger partial charge < -0.3 is 0 Å². The number of allylic oxidation sites excluding steroid dienone is 8. The maximum atomic E-state index is 2.31. The molecule has 0 spiro atoms. The van der Waals surface area contributed by atoms with Gasteiger partial charge in [-0.15, -0.1) is 0 Å². The van der Waals surface area contributed by atoms with Crippen LogP contribution in [-0.4, -0.2) is 0 Å². The zero-order valence-corrected chi connectivity index (χ0v) is 8.84. The second-order valence-corrected chi connectivity index (χ2v) is 6.55. The fourth-order valence-corrected chi connectivity index (χ4v) is 4.26. The Morgan fingerprint density at radius 3 is 1.82 bits per heavy atom. The van der Waals surface area contributed by atoms with Crippen LogP contribution in [-0.2, 0) is 23.2 Å². The third-order valence-corrected chi connectivity index (χ3v) is 5.27. The van der Waals surface area contributed by atoms with E-state index in [1.54, 1.807) is 6.56 Å². The average Bonchev–Trinajstić information content (AvgIpc) is 2.60. The van der Waals surface area contributed by atoms with Crippen molar-refractivity contribution in [1.82, 2.24) is 0 Å². The molecule has 0 radical (unpaired) electrons. The van der Waals surface area contributed by atoms with E-state index in [-0.39, 0.29) is 23.2 Å². The van der Waals surface area contributed by atoms with Crippen molar-refractivity contribution in [2.24, 2.45) is 0 Å². The monoisotopic (exact) mass is 220 g/mol. The van der Waals surface area contributed by atoms with Gasteiger partial charge >= 0.3 is 79.1 Å². The molecular formula is C10H10Zr. The molecule has 0 nitrogen and oxygen atoms in total. The van der Waals surface area contributed by atoms with Crippen LogP contribution >= 0.6 is 0 Å². The SMILES string of the molecule is C1=CC[C]([Zr][C]2=CC=CC2)=C1. The molecule has 0 N–H and O–H groups in total. The van der Waals surface area contributed by atoms with E-state index in [4.69, 9.17) is 0 Å². The topological polar surface area (TPSA) is 0 Å². The molecule has 2 aliphatic carbocycles. The van der Waals surface area contributed by atoms with Crippen molar-refractivity contribution in [2.45, 2.75) is 12.8 Å². The zero-order valence-electron chi connectivity index (χ0n) is 6.38. The van der Waals surface area contributed by atoms with Crippen LogP contribution in [0.15, 0.2) is 43.0 Å². The molecule has 0 saturated carbocycles. The van der Waals surface area contributed by atoms with Crippen molar-refractivity contribution < 1.29 is 23.2 Å². The summed E-state index contributed by atoms with van der Waals surface area (Å²) < 4.78 is 3.45. The van der Waals surface area contributed by atoms with E-state index >= 15 is 0 Å². The Kier molecular flexibility index (Phi) is 2.38. The van der Waals surface area contributed by atoms with Crippen LogP contribution in [0.5, 0.6) is 0 Å². The fraction of sp³-hybridized carbons (Fsp3) is 0.200. The van der Waals surface area contributed by atoms with Gasteiger partial charge in [-0.1, -0.05) is 0 Å². The molecular weight excluding hydrogens is 211 g/mol. The molecule has 0 aromatic heterocycles. The van der Waals surface area contributed by atoms with Crippen LogP contribution in [0.3, 0.4) is 0 Å². The van der Waals surface area contributed by atoms with Crippen LogP contribution in [0.1, 0.15) is 12.8 Å². The van der Waals surface area contributed by atoms with Crippen molar-refractivity contribution >= 4 is 0 Å². The molecule has 0 fully saturated rings. The Balaban J connectivity index is 1.91. The zero-order chi connectivity index (χ0) is 7.52. The van der Waals surface area contributed by atoms with Crippen molar-refractivity contribution in [3.05, 3.63) is 43.0 Å². The van der Waals surface area contributed by atoms with E-state index in [1.165, 1.54) is 12.8 Å². The molecule has 0 heterocycles. The Labute approximate surface area is 78.9 Å². The summed E-state index contributed by atoms with van der Waals surface area (Å²) in [5.41, 5.74) is 0. The second-order valence-electron chi connectivity index (χ2n) is 2.77. The van der Waals surface area contributed by atoms with Gasteiger partial charge in [0.1, 0.15) is 0 Å². The van der Waals surface area contributed by atoms with Gasteiger partial charge in [0.15, 0.2) is 0 Å². The first-order valence-electron chi connectivity index (χ1n) is 3.93. The van der Waals surface area contributed by atoms with E-state index in [9.17, 15) is 0 Å². The third kappa shape index (κ3) is 1.90. The van der Waals surface area contributed by atoms with Crippen LogP contribution in [0.4, 0.5) is 0 Å². The Morgan fingerprint density at radius 1 is 0.909 bits per heavy atom. The molecule has 2 rings (SSSR count). The van der Waals surface area contributed by atoms with Gasteiger partial charge in [0, 0.05) is 0 Å².